The average Bonchev–Trinajstić information content (AvgIpc) is 2.61. The molecular formula is C11H9BrN2O. The number of H-pyrrole nitrogens is 1. The van der Waals surface area contributed by atoms with Crippen LogP contribution in [-0.2, 0) is 6.42 Å². The Bertz CT molecular complexity index is 539. The fourth-order valence-corrected chi connectivity index (χ4v) is 2.09. The summed E-state index contributed by atoms with van der Waals surface area (Å²) in [4.78, 5) is 3.13. The second-order valence-electron chi connectivity index (χ2n) is 3.18. The van der Waals surface area contributed by atoms with Crippen LogP contribution >= 0.6 is 15.9 Å². The molecule has 0 saturated heterocycles. The summed E-state index contributed by atoms with van der Waals surface area (Å²) in [5.74, 6) is 0.783. The minimum atomic E-state index is 0.387. The maximum atomic E-state index is 8.70. The lowest BCUT2D eigenvalue weighted by molar-refractivity contribution is 0.419. The number of benzene rings is 1. The number of aromatic amines is 1. The molecule has 0 amide bonds. The molecule has 4 heteroatoms. The van der Waals surface area contributed by atoms with Crippen LogP contribution in [0.25, 0.3) is 10.9 Å². The van der Waals surface area contributed by atoms with Gasteiger partial charge in [-0.2, -0.15) is 5.26 Å². The standard InChI is InChI=1S/C11H9BrN2O/c1-15-10-5-8(12)4-9-11(10)7(2-3-13)6-14-9/h4-6,14H,2H2,1H3. The van der Waals surface area contributed by atoms with Crippen molar-refractivity contribution in [3.05, 3.63) is 28.4 Å². The van der Waals surface area contributed by atoms with Gasteiger partial charge in [0.1, 0.15) is 5.75 Å². The Balaban J connectivity index is 2.72. The Morgan fingerprint density at radius 1 is 1.53 bits per heavy atom. The first kappa shape index (κ1) is 10.1. The third-order valence-corrected chi connectivity index (χ3v) is 2.74. The van der Waals surface area contributed by atoms with Gasteiger partial charge in [-0.1, -0.05) is 15.9 Å². The Morgan fingerprint density at radius 2 is 2.33 bits per heavy atom. The normalized spacial score (nSPS) is 10.2. The molecule has 1 aromatic heterocycles. The summed E-state index contributed by atoms with van der Waals surface area (Å²) >= 11 is 3.41. The van der Waals surface area contributed by atoms with E-state index in [0.29, 0.717) is 6.42 Å². The van der Waals surface area contributed by atoms with Crippen LogP contribution in [0.4, 0.5) is 0 Å². The van der Waals surface area contributed by atoms with Gasteiger partial charge in [-0.3, -0.25) is 0 Å². The van der Waals surface area contributed by atoms with Gasteiger partial charge in [-0.25, -0.2) is 0 Å². The minimum Gasteiger partial charge on any atom is -0.496 e. The largest absolute Gasteiger partial charge is 0.496 e. The molecule has 0 atom stereocenters. The van der Waals surface area contributed by atoms with Crippen LogP contribution in [-0.4, -0.2) is 12.1 Å². The van der Waals surface area contributed by atoms with E-state index in [1.165, 1.54) is 0 Å². The zero-order valence-electron chi connectivity index (χ0n) is 8.17. The summed E-state index contributed by atoms with van der Waals surface area (Å²) < 4.78 is 6.25. The summed E-state index contributed by atoms with van der Waals surface area (Å²) in [5, 5.41) is 9.69. The number of hydrogen-bond acceptors (Lipinski definition) is 2. The second kappa shape index (κ2) is 3.95. The first-order valence-corrected chi connectivity index (χ1v) is 5.26. The fraction of sp³-hybridized carbons (Fsp3) is 0.182. The second-order valence-corrected chi connectivity index (χ2v) is 4.10. The molecule has 0 bridgehead atoms. The van der Waals surface area contributed by atoms with Crippen molar-refractivity contribution in [3.63, 3.8) is 0 Å². The molecule has 1 aromatic carbocycles. The fourth-order valence-electron chi connectivity index (χ4n) is 1.65. The van der Waals surface area contributed by atoms with E-state index in [9.17, 15) is 0 Å². The lowest BCUT2D eigenvalue weighted by Crippen LogP contribution is -1.86. The number of methoxy groups -OCH3 is 1. The highest BCUT2D eigenvalue weighted by atomic mass is 79.9. The molecule has 0 unspecified atom stereocenters. The van der Waals surface area contributed by atoms with Crippen molar-refractivity contribution in [2.75, 3.05) is 7.11 Å². The Hall–Kier alpha value is -1.47. The minimum absolute atomic E-state index is 0.387. The van der Waals surface area contributed by atoms with Crippen molar-refractivity contribution in [2.45, 2.75) is 6.42 Å². The quantitative estimate of drug-likeness (QED) is 0.907. The molecule has 1 N–H and O–H groups in total. The van der Waals surface area contributed by atoms with Gasteiger partial charge in [0, 0.05) is 16.1 Å². The Morgan fingerprint density at radius 3 is 3.00 bits per heavy atom. The number of halogens is 1. The molecule has 1 heterocycles. The van der Waals surface area contributed by atoms with Crippen molar-refractivity contribution in [3.8, 4) is 11.8 Å². The highest BCUT2D eigenvalue weighted by molar-refractivity contribution is 9.10. The molecule has 76 valence electrons. The number of fused-ring (bicyclic) bond motifs is 1. The molecule has 0 fully saturated rings. The molecule has 15 heavy (non-hydrogen) atoms. The van der Waals surface area contributed by atoms with E-state index in [0.717, 1.165) is 26.7 Å². The maximum absolute atomic E-state index is 8.70. The summed E-state index contributed by atoms with van der Waals surface area (Å²) in [6.45, 7) is 0. The number of hydrogen-bond donors (Lipinski definition) is 1. The first-order valence-electron chi connectivity index (χ1n) is 4.46. The van der Waals surface area contributed by atoms with Gasteiger partial charge in [0.05, 0.1) is 25.1 Å². The van der Waals surface area contributed by atoms with Crippen molar-refractivity contribution < 1.29 is 4.74 Å². The van der Waals surface area contributed by atoms with Crippen LogP contribution in [0.5, 0.6) is 5.75 Å². The van der Waals surface area contributed by atoms with E-state index in [1.54, 1.807) is 7.11 Å². The summed E-state index contributed by atoms with van der Waals surface area (Å²) in [7, 11) is 1.63. The van der Waals surface area contributed by atoms with Crippen LogP contribution in [0.3, 0.4) is 0 Å². The SMILES string of the molecule is COc1cc(Br)cc2[nH]cc(CC#N)c12. The summed E-state index contributed by atoms with van der Waals surface area (Å²) in [5.41, 5.74) is 1.95. The molecule has 0 spiro atoms. The van der Waals surface area contributed by atoms with Crippen molar-refractivity contribution in [1.29, 1.82) is 5.26 Å². The molecule has 0 saturated carbocycles. The molecule has 0 aliphatic rings. The highest BCUT2D eigenvalue weighted by Gasteiger charge is 2.09. The third-order valence-electron chi connectivity index (χ3n) is 2.28. The molecule has 2 rings (SSSR count). The van der Waals surface area contributed by atoms with E-state index in [4.69, 9.17) is 10.00 Å². The zero-order valence-corrected chi connectivity index (χ0v) is 9.76. The number of ether oxygens (including phenoxy) is 1. The molecule has 0 radical (unpaired) electrons. The lowest BCUT2D eigenvalue weighted by Gasteiger charge is -2.04. The highest BCUT2D eigenvalue weighted by Crippen LogP contribution is 2.32. The number of nitrogens with zero attached hydrogens (tertiary/aromatic N) is 1. The molecule has 0 aliphatic carbocycles. The van der Waals surface area contributed by atoms with E-state index in [-0.39, 0.29) is 0 Å². The smallest absolute Gasteiger partial charge is 0.129 e. The van der Waals surface area contributed by atoms with Crippen LogP contribution in [0.2, 0.25) is 0 Å². The van der Waals surface area contributed by atoms with Gasteiger partial charge in [0.25, 0.3) is 0 Å². The van der Waals surface area contributed by atoms with Gasteiger partial charge in [-0.05, 0) is 17.7 Å². The lowest BCUT2D eigenvalue weighted by atomic mass is 10.1. The topological polar surface area (TPSA) is 48.8 Å². The molecule has 2 aromatic rings. The molecule has 3 nitrogen and oxygen atoms in total. The summed E-state index contributed by atoms with van der Waals surface area (Å²) in [6.07, 6.45) is 2.24. The van der Waals surface area contributed by atoms with Crippen LogP contribution in [0, 0.1) is 11.3 Å². The van der Waals surface area contributed by atoms with Crippen molar-refractivity contribution in [2.24, 2.45) is 0 Å². The van der Waals surface area contributed by atoms with Crippen LogP contribution < -0.4 is 4.74 Å². The van der Waals surface area contributed by atoms with Crippen molar-refractivity contribution in [1.82, 2.24) is 4.98 Å². The third kappa shape index (κ3) is 1.71. The Labute approximate surface area is 95.8 Å². The van der Waals surface area contributed by atoms with Gasteiger partial charge in [0.15, 0.2) is 0 Å². The van der Waals surface area contributed by atoms with Crippen molar-refractivity contribution >= 4 is 26.8 Å². The summed E-state index contributed by atoms with van der Waals surface area (Å²) in [6, 6.07) is 6.01. The van der Waals surface area contributed by atoms with E-state index in [2.05, 4.69) is 27.0 Å². The van der Waals surface area contributed by atoms with Crippen LogP contribution in [0.1, 0.15) is 5.56 Å². The van der Waals surface area contributed by atoms with Crippen LogP contribution in [0.15, 0.2) is 22.8 Å². The number of nitriles is 1. The van der Waals surface area contributed by atoms with E-state index < -0.39 is 0 Å². The monoisotopic (exact) mass is 264 g/mol. The van der Waals surface area contributed by atoms with Gasteiger partial charge in [-0.15, -0.1) is 0 Å². The number of nitrogens with one attached hydrogen (secondary N) is 1. The van der Waals surface area contributed by atoms with Gasteiger partial charge >= 0.3 is 0 Å². The average molecular weight is 265 g/mol. The predicted octanol–water partition coefficient (Wildman–Crippen LogP) is 3.01. The van der Waals surface area contributed by atoms with E-state index >= 15 is 0 Å². The predicted molar refractivity (Wildman–Crippen MR) is 61.9 cm³/mol. The maximum Gasteiger partial charge on any atom is 0.129 e. The molecular weight excluding hydrogens is 256 g/mol. The van der Waals surface area contributed by atoms with Gasteiger partial charge in [0.2, 0.25) is 0 Å². The number of aromatic nitrogens is 1. The zero-order chi connectivity index (χ0) is 10.8. The van der Waals surface area contributed by atoms with E-state index in [1.807, 2.05) is 18.3 Å². The first-order chi connectivity index (χ1) is 7.26. The Kier molecular flexibility index (Phi) is 2.65. The van der Waals surface area contributed by atoms with Gasteiger partial charge < -0.3 is 9.72 Å². The molecule has 0 aliphatic heterocycles. The number of rotatable bonds is 2.